The van der Waals surface area contributed by atoms with Gasteiger partial charge < -0.3 is 0 Å². The third-order valence-corrected chi connectivity index (χ3v) is 4.85. The van der Waals surface area contributed by atoms with Crippen LogP contribution < -0.4 is 0 Å². The number of benzene rings is 1. The summed E-state index contributed by atoms with van der Waals surface area (Å²) in [5.74, 6) is 0.510. The predicted octanol–water partition coefficient (Wildman–Crippen LogP) is 2.55. The lowest BCUT2D eigenvalue weighted by atomic mass is 10.0. The molecule has 0 amide bonds. The van der Waals surface area contributed by atoms with Gasteiger partial charge in [0.15, 0.2) is 9.84 Å². The first-order chi connectivity index (χ1) is 8.99. The minimum atomic E-state index is -3.22. The van der Waals surface area contributed by atoms with Crippen LogP contribution in [0.1, 0.15) is 30.9 Å². The molecule has 0 atom stereocenters. The van der Waals surface area contributed by atoms with Crippen LogP contribution in [-0.4, -0.2) is 24.4 Å². The Morgan fingerprint density at radius 2 is 1.89 bits per heavy atom. The third-order valence-electron chi connectivity index (χ3n) is 3.12. The molecule has 0 saturated carbocycles. The maximum absolute atomic E-state index is 12.2. The summed E-state index contributed by atoms with van der Waals surface area (Å²) in [5, 5.41) is 6.49. The number of aromatic nitrogens is 2. The highest BCUT2D eigenvalue weighted by Crippen LogP contribution is 2.18. The second-order valence-corrected chi connectivity index (χ2v) is 7.01. The topological polar surface area (TPSA) is 62.8 Å². The number of sulfone groups is 1. The van der Waals surface area contributed by atoms with Gasteiger partial charge in [-0.1, -0.05) is 26.0 Å². The van der Waals surface area contributed by atoms with E-state index in [1.54, 1.807) is 24.5 Å². The molecule has 0 aliphatic heterocycles. The van der Waals surface area contributed by atoms with Crippen molar-refractivity contribution in [2.75, 3.05) is 5.75 Å². The Bertz CT molecular complexity index is 614. The molecule has 0 aliphatic rings. The van der Waals surface area contributed by atoms with Gasteiger partial charge >= 0.3 is 0 Å². The Balaban J connectivity index is 2.10. The molecule has 1 N–H and O–H groups in total. The van der Waals surface area contributed by atoms with E-state index in [1.165, 1.54) is 0 Å². The van der Waals surface area contributed by atoms with E-state index >= 15 is 0 Å². The maximum atomic E-state index is 12.2. The van der Waals surface area contributed by atoms with Gasteiger partial charge in [-0.2, -0.15) is 5.10 Å². The minimum Gasteiger partial charge on any atom is -0.285 e. The molecule has 4 nitrogen and oxygen atoms in total. The molecule has 0 radical (unpaired) electrons. The van der Waals surface area contributed by atoms with Crippen molar-refractivity contribution < 1.29 is 8.42 Å². The molecule has 2 rings (SSSR count). The van der Waals surface area contributed by atoms with Crippen molar-refractivity contribution in [3.8, 4) is 0 Å². The maximum Gasteiger partial charge on any atom is 0.178 e. The Morgan fingerprint density at radius 1 is 1.21 bits per heavy atom. The van der Waals surface area contributed by atoms with Crippen molar-refractivity contribution in [1.82, 2.24) is 10.2 Å². The number of aryl methyl sites for hydroxylation is 1. The summed E-state index contributed by atoms with van der Waals surface area (Å²) in [6.07, 6.45) is 3.85. The van der Waals surface area contributed by atoms with Crippen molar-refractivity contribution in [1.29, 1.82) is 0 Å². The summed E-state index contributed by atoms with van der Waals surface area (Å²) in [7, 11) is -3.22. The standard InChI is InChI=1S/C14H18N2O2S/c1-11(2)13-3-5-14(6-4-13)19(17,18)8-7-12-9-15-16-10-12/h3-6,9-11H,7-8H2,1-2H3,(H,15,16). The molecule has 1 heterocycles. The zero-order chi connectivity index (χ0) is 13.9. The lowest BCUT2D eigenvalue weighted by molar-refractivity contribution is 0.595. The molecular weight excluding hydrogens is 260 g/mol. The van der Waals surface area contributed by atoms with E-state index in [2.05, 4.69) is 24.0 Å². The molecule has 102 valence electrons. The Hall–Kier alpha value is -1.62. The van der Waals surface area contributed by atoms with Gasteiger partial charge in [-0.15, -0.1) is 0 Å². The van der Waals surface area contributed by atoms with Crippen LogP contribution in [-0.2, 0) is 16.3 Å². The zero-order valence-electron chi connectivity index (χ0n) is 11.1. The number of nitrogens with zero attached hydrogens (tertiary/aromatic N) is 1. The highest BCUT2D eigenvalue weighted by Gasteiger charge is 2.14. The van der Waals surface area contributed by atoms with Crippen LogP contribution in [0.4, 0.5) is 0 Å². The molecule has 19 heavy (non-hydrogen) atoms. The molecule has 0 saturated heterocycles. The number of nitrogens with one attached hydrogen (secondary N) is 1. The fourth-order valence-electron chi connectivity index (χ4n) is 1.84. The zero-order valence-corrected chi connectivity index (χ0v) is 11.9. The van der Waals surface area contributed by atoms with Crippen LogP contribution in [0.15, 0.2) is 41.6 Å². The van der Waals surface area contributed by atoms with E-state index in [1.807, 2.05) is 12.1 Å². The van der Waals surface area contributed by atoms with Crippen LogP contribution in [0.3, 0.4) is 0 Å². The second-order valence-electron chi connectivity index (χ2n) is 4.90. The lowest BCUT2D eigenvalue weighted by Crippen LogP contribution is -2.09. The average Bonchev–Trinajstić information content (AvgIpc) is 2.90. The van der Waals surface area contributed by atoms with Gasteiger partial charge in [0.2, 0.25) is 0 Å². The van der Waals surface area contributed by atoms with Crippen molar-refractivity contribution in [2.24, 2.45) is 0 Å². The highest BCUT2D eigenvalue weighted by molar-refractivity contribution is 7.91. The summed E-state index contributed by atoms with van der Waals surface area (Å²) < 4.78 is 24.4. The second kappa shape index (κ2) is 5.57. The van der Waals surface area contributed by atoms with Crippen LogP contribution in [0, 0.1) is 0 Å². The lowest BCUT2D eigenvalue weighted by Gasteiger charge is -2.07. The van der Waals surface area contributed by atoms with Gasteiger partial charge in [0.05, 0.1) is 16.8 Å². The van der Waals surface area contributed by atoms with Gasteiger partial charge in [-0.05, 0) is 35.6 Å². The fraction of sp³-hybridized carbons (Fsp3) is 0.357. The largest absolute Gasteiger partial charge is 0.285 e. The molecule has 1 aromatic heterocycles. The number of aromatic amines is 1. The van der Waals surface area contributed by atoms with Gasteiger partial charge in [0, 0.05) is 6.20 Å². The van der Waals surface area contributed by atoms with E-state index in [9.17, 15) is 8.42 Å². The van der Waals surface area contributed by atoms with Crippen molar-refractivity contribution in [3.05, 3.63) is 47.8 Å². The number of H-pyrrole nitrogens is 1. The van der Waals surface area contributed by atoms with Crippen molar-refractivity contribution in [3.63, 3.8) is 0 Å². The average molecular weight is 278 g/mol. The predicted molar refractivity (Wildman–Crippen MR) is 74.9 cm³/mol. The molecule has 0 fully saturated rings. The summed E-state index contributed by atoms with van der Waals surface area (Å²) in [4.78, 5) is 0.389. The van der Waals surface area contributed by atoms with E-state index in [0.717, 1.165) is 11.1 Å². The Labute approximate surface area is 113 Å². The van der Waals surface area contributed by atoms with Crippen LogP contribution in [0.5, 0.6) is 0 Å². The number of hydrogen-bond donors (Lipinski definition) is 1. The molecule has 2 aromatic rings. The quantitative estimate of drug-likeness (QED) is 0.914. The fourth-order valence-corrected chi connectivity index (χ4v) is 3.14. The monoisotopic (exact) mass is 278 g/mol. The smallest absolute Gasteiger partial charge is 0.178 e. The Kier molecular flexibility index (Phi) is 4.04. The Morgan fingerprint density at radius 3 is 2.42 bits per heavy atom. The van der Waals surface area contributed by atoms with Gasteiger partial charge in [0.1, 0.15) is 0 Å². The van der Waals surface area contributed by atoms with E-state index in [0.29, 0.717) is 17.2 Å². The van der Waals surface area contributed by atoms with E-state index < -0.39 is 9.84 Å². The van der Waals surface area contributed by atoms with Crippen LogP contribution in [0.2, 0.25) is 0 Å². The summed E-state index contributed by atoms with van der Waals surface area (Å²) in [6.45, 7) is 4.17. The first kappa shape index (κ1) is 13.8. The first-order valence-corrected chi connectivity index (χ1v) is 7.94. The van der Waals surface area contributed by atoms with Gasteiger partial charge in [0.25, 0.3) is 0 Å². The molecule has 0 spiro atoms. The molecule has 0 unspecified atom stereocenters. The highest BCUT2D eigenvalue weighted by atomic mass is 32.2. The molecule has 0 aliphatic carbocycles. The van der Waals surface area contributed by atoms with E-state index in [-0.39, 0.29) is 5.75 Å². The SMILES string of the molecule is CC(C)c1ccc(S(=O)(=O)CCc2cn[nH]c2)cc1. The normalized spacial score (nSPS) is 11.9. The summed E-state index contributed by atoms with van der Waals surface area (Å²) in [6, 6.07) is 7.16. The van der Waals surface area contributed by atoms with Gasteiger partial charge in [-0.3, -0.25) is 5.10 Å². The van der Waals surface area contributed by atoms with Crippen molar-refractivity contribution in [2.45, 2.75) is 31.1 Å². The minimum absolute atomic E-state index is 0.105. The molecule has 1 aromatic carbocycles. The van der Waals surface area contributed by atoms with E-state index in [4.69, 9.17) is 0 Å². The molecule has 0 bridgehead atoms. The summed E-state index contributed by atoms with van der Waals surface area (Å²) >= 11 is 0. The number of rotatable bonds is 5. The summed E-state index contributed by atoms with van der Waals surface area (Å²) in [5.41, 5.74) is 2.05. The first-order valence-electron chi connectivity index (χ1n) is 6.29. The molecule has 5 heteroatoms. The number of hydrogen-bond acceptors (Lipinski definition) is 3. The van der Waals surface area contributed by atoms with Gasteiger partial charge in [-0.25, -0.2) is 8.42 Å². The van der Waals surface area contributed by atoms with Crippen LogP contribution >= 0.6 is 0 Å². The van der Waals surface area contributed by atoms with Crippen molar-refractivity contribution >= 4 is 9.84 Å². The molecular formula is C14H18N2O2S. The third kappa shape index (κ3) is 3.44. The van der Waals surface area contributed by atoms with Crippen LogP contribution in [0.25, 0.3) is 0 Å².